The van der Waals surface area contributed by atoms with Crippen molar-refractivity contribution >= 4 is 23.4 Å². The van der Waals surface area contributed by atoms with Crippen LogP contribution in [-0.4, -0.2) is 29.6 Å². The maximum Gasteiger partial charge on any atom is 0.335 e. The van der Waals surface area contributed by atoms with Gasteiger partial charge in [0.25, 0.3) is 0 Å². The third-order valence-corrected chi connectivity index (χ3v) is 3.76. The topological polar surface area (TPSA) is 49.3 Å². The fourth-order valence-electron chi connectivity index (χ4n) is 1.94. The van der Waals surface area contributed by atoms with E-state index in [1.807, 2.05) is 24.8 Å². The fraction of sp³-hybridized carbons (Fsp3) is 0.533. The Morgan fingerprint density at radius 2 is 2.00 bits per heavy atom. The van der Waals surface area contributed by atoms with Crippen molar-refractivity contribution in [2.75, 3.05) is 23.9 Å². The second-order valence-electron chi connectivity index (χ2n) is 4.67. The zero-order chi connectivity index (χ0) is 14.1. The van der Waals surface area contributed by atoms with E-state index in [-0.39, 0.29) is 0 Å². The summed E-state index contributed by atoms with van der Waals surface area (Å²) in [6.07, 6.45) is 7.15. The van der Waals surface area contributed by atoms with Crippen LogP contribution in [-0.2, 0) is 0 Å². The lowest BCUT2D eigenvalue weighted by molar-refractivity contribution is 0.0697. The number of aryl methyl sites for hydroxylation is 1. The third-order valence-electron chi connectivity index (χ3n) is 3.06. The van der Waals surface area contributed by atoms with Gasteiger partial charge >= 0.3 is 5.97 Å². The van der Waals surface area contributed by atoms with E-state index < -0.39 is 5.97 Å². The van der Waals surface area contributed by atoms with Crippen molar-refractivity contribution in [1.82, 2.24) is 0 Å². The molecule has 0 radical (unpaired) electrons. The van der Waals surface area contributed by atoms with Gasteiger partial charge in [-0.05, 0) is 55.5 Å². The van der Waals surface area contributed by atoms with Crippen LogP contribution >= 0.6 is 11.8 Å². The molecular weight excluding hydrogens is 258 g/mol. The van der Waals surface area contributed by atoms with Crippen LogP contribution in [0.25, 0.3) is 0 Å². The molecule has 0 saturated carbocycles. The molecule has 2 N–H and O–H groups in total. The highest BCUT2D eigenvalue weighted by molar-refractivity contribution is 7.98. The van der Waals surface area contributed by atoms with Crippen LogP contribution < -0.4 is 5.32 Å². The Balaban J connectivity index is 2.28. The fourth-order valence-corrected chi connectivity index (χ4v) is 2.44. The van der Waals surface area contributed by atoms with Crippen LogP contribution in [0.3, 0.4) is 0 Å². The number of nitrogens with one attached hydrogen (secondary N) is 1. The number of unbranched alkanes of at least 4 members (excludes halogenated alkanes) is 3. The summed E-state index contributed by atoms with van der Waals surface area (Å²) in [4.78, 5) is 10.8. The van der Waals surface area contributed by atoms with Gasteiger partial charge in [0.2, 0.25) is 0 Å². The van der Waals surface area contributed by atoms with Crippen molar-refractivity contribution in [3.63, 3.8) is 0 Å². The largest absolute Gasteiger partial charge is 0.478 e. The summed E-state index contributed by atoms with van der Waals surface area (Å²) >= 11 is 1.90. The Bertz CT molecular complexity index is 407. The van der Waals surface area contributed by atoms with Crippen molar-refractivity contribution in [2.24, 2.45) is 0 Å². The van der Waals surface area contributed by atoms with Gasteiger partial charge in [0.1, 0.15) is 0 Å². The van der Waals surface area contributed by atoms with Gasteiger partial charge in [-0.25, -0.2) is 4.79 Å². The van der Waals surface area contributed by atoms with Crippen molar-refractivity contribution < 1.29 is 9.90 Å². The molecule has 0 amide bonds. The van der Waals surface area contributed by atoms with E-state index in [1.165, 1.54) is 25.0 Å². The van der Waals surface area contributed by atoms with E-state index in [9.17, 15) is 4.79 Å². The molecule has 4 heteroatoms. The third kappa shape index (κ3) is 6.01. The number of aromatic carboxylic acids is 1. The number of carboxylic acids is 1. The van der Waals surface area contributed by atoms with Crippen LogP contribution in [0.5, 0.6) is 0 Å². The molecule has 1 aromatic carbocycles. The van der Waals surface area contributed by atoms with Gasteiger partial charge in [-0.15, -0.1) is 0 Å². The first-order valence-electron chi connectivity index (χ1n) is 6.72. The second-order valence-corrected chi connectivity index (χ2v) is 5.65. The number of hydrogen-bond donors (Lipinski definition) is 2. The monoisotopic (exact) mass is 281 g/mol. The maximum atomic E-state index is 10.8. The molecule has 3 nitrogen and oxygen atoms in total. The summed E-state index contributed by atoms with van der Waals surface area (Å²) in [5.41, 5.74) is 2.37. The minimum Gasteiger partial charge on any atom is -0.478 e. The minimum absolute atomic E-state index is 0.347. The standard InChI is InChI=1S/C15H23NO2S/c1-12-11-13(15(17)18)7-8-14(12)16-9-5-3-4-6-10-19-2/h7-8,11,16H,3-6,9-10H2,1-2H3,(H,17,18). The summed E-state index contributed by atoms with van der Waals surface area (Å²) in [7, 11) is 0. The van der Waals surface area contributed by atoms with Gasteiger partial charge in [0, 0.05) is 12.2 Å². The van der Waals surface area contributed by atoms with Gasteiger partial charge in [-0.1, -0.05) is 12.8 Å². The lowest BCUT2D eigenvalue weighted by atomic mass is 10.1. The molecule has 0 aliphatic heterocycles. The van der Waals surface area contributed by atoms with Gasteiger partial charge in [0.05, 0.1) is 5.56 Å². The van der Waals surface area contributed by atoms with E-state index in [2.05, 4.69) is 11.6 Å². The molecule has 1 rings (SSSR count). The maximum absolute atomic E-state index is 10.8. The molecular formula is C15H23NO2S. The number of thioether (sulfide) groups is 1. The molecule has 0 bridgehead atoms. The van der Waals surface area contributed by atoms with E-state index >= 15 is 0 Å². The highest BCUT2D eigenvalue weighted by Crippen LogP contribution is 2.17. The predicted octanol–water partition coefficient (Wildman–Crippen LogP) is 4.03. The van der Waals surface area contributed by atoms with Crippen LogP contribution in [0.15, 0.2) is 18.2 Å². The normalized spacial score (nSPS) is 10.4. The van der Waals surface area contributed by atoms with Crippen LogP contribution in [0.1, 0.15) is 41.6 Å². The molecule has 0 unspecified atom stereocenters. The zero-order valence-corrected chi connectivity index (χ0v) is 12.6. The van der Waals surface area contributed by atoms with Crippen molar-refractivity contribution in [2.45, 2.75) is 32.6 Å². The molecule has 0 saturated heterocycles. The van der Waals surface area contributed by atoms with Gasteiger partial charge in [0.15, 0.2) is 0 Å². The number of benzene rings is 1. The zero-order valence-electron chi connectivity index (χ0n) is 11.7. The van der Waals surface area contributed by atoms with Crippen LogP contribution in [0.2, 0.25) is 0 Å². The first kappa shape index (κ1) is 15.9. The Morgan fingerprint density at radius 3 is 2.63 bits per heavy atom. The number of rotatable bonds is 9. The smallest absolute Gasteiger partial charge is 0.335 e. The Morgan fingerprint density at radius 1 is 1.26 bits per heavy atom. The quantitative estimate of drug-likeness (QED) is 0.671. The molecule has 106 valence electrons. The van der Waals surface area contributed by atoms with E-state index in [1.54, 1.807) is 12.1 Å². The Kier molecular flexibility index (Phi) is 7.41. The highest BCUT2D eigenvalue weighted by atomic mass is 32.2. The van der Waals surface area contributed by atoms with Gasteiger partial charge in [-0.2, -0.15) is 11.8 Å². The molecule has 0 heterocycles. The molecule has 0 spiro atoms. The number of carbonyl (C=O) groups is 1. The van der Waals surface area contributed by atoms with Gasteiger partial charge < -0.3 is 10.4 Å². The van der Waals surface area contributed by atoms with Crippen LogP contribution in [0, 0.1) is 6.92 Å². The second kappa shape index (κ2) is 8.86. The predicted molar refractivity (Wildman–Crippen MR) is 83.5 cm³/mol. The van der Waals surface area contributed by atoms with E-state index in [4.69, 9.17) is 5.11 Å². The molecule has 0 fully saturated rings. The summed E-state index contributed by atoms with van der Waals surface area (Å²) in [5.74, 6) is 0.381. The Labute approximate surface area is 119 Å². The van der Waals surface area contributed by atoms with Crippen molar-refractivity contribution in [3.8, 4) is 0 Å². The summed E-state index contributed by atoms with van der Waals surface area (Å²) in [6, 6.07) is 5.21. The lowest BCUT2D eigenvalue weighted by Gasteiger charge is -2.10. The lowest BCUT2D eigenvalue weighted by Crippen LogP contribution is -2.04. The number of carboxylic acid groups (broad SMARTS) is 1. The van der Waals surface area contributed by atoms with Crippen LogP contribution in [0.4, 0.5) is 5.69 Å². The average molecular weight is 281 g/mol. The van der Waals surface area contributed by atoms with E-state index in [0.717, 1.165) is 24.2 Å². The molecule has 0 aromatic heterocycles. The number of anilines is 1. The summed E-state index contributed by atoms with van der Waals surface area (Å²) < 4.78 is 0. The van der Waals surface area contributed by atoms with Crippen molar-refractivity contribution in [1.29, 1.82) is 0 Å². The van der Waals surface area contributed by atoms with E-state index in [0.29, 0.717) is 5.56 Å². The van der Waals surface area contributed by atoms with Gasteiger partial charge in [-0.3, -0.25) is 0 Å². The first-order chi connectivity index (χ1) is 9.15. The minimum atomic E-state index is -0.872. The highest BCUT2D eigenvalue weighted by Gasteiger charge is 2.04. The Hall–Kier alpha value is -1.16. The summed E-state index contributed by atoms with van der Waals surface area (Å²) in [6.45, 7) is 2.89. The SMILES string of the molecule is CSCCCCCCNc1ccc(C(=O)O)cc1C. The first-order valence-corrected chi connectivity index (χ1v) is 8.11. The molecule has 0 atom stereocenters. The average Bonchev–Trinajstić information content (AvgIpc) is 2.39. The molecule has 19 heavy (non-hydrogen) atoms. The van der Waals surface area contributed by atoms with Crippen molar-refractivity contribution in [3.05, 3.63) is 29.3 Å². The summed E-state index contributed by atoms with van der Waals surface area (Å²) in [5, 5.41) is 12.3. The molecule has 0 aliphatic rings. The molecule has 1 aromatic rings. The molecule has 0 aliphatic carbocycles. The number of hydrogen-bond acceptors (Lipinski definition) is 3.